The molecule has 0 spiro atoms. The van der Waals surface area contributed by atoms with Crippen LogP contribution in [0.3, 0.4) is 0 Å². The molecule has 1 N–H and O–H groups in total. The van der Waals surface area contributed by atoms with E-state index in [1.807, 2.05) is 66.9 Å². The molecule has 9 heteroatoms. The topological polar surface area (TPSA) is 72.7 Å². The van der Waals surface area contributed by atoms with Crippen LogP contribution in [-0.4, -0.2) is 37.5 Å². The molecular formula is C21H21N5OS3. The van der Waals surface area contributed by atoms with E-state index >= 15 is 0 Å². The van der Waals surface area contributed by atoms with Gasteiger partial charge in [0.25, 0.3) is 0 Å². The van der Waals surface area contributed by atoms with Gasteiger partial charge in [-0.3, -0.25) is 9.36 Å². The Labute approximate surface area is 187 Å². The summed E-state index contributed by atoms with van der Waals surface area (Å²) in [6, 6.07) is 18.1. The minimum Gasteiger partial charge on any atom is -0.355 e. The van der Waals surface area contributed by atoms with Gasteiger partial charge in [0.2, 0.25) is 5.91 Å². The van der Waals surface area contributed by atoms with Crippen molar-refractivity contribution in [3.63, 3.8) is 0 Å². The van der Waals surface area contributed by atoms with Gasteiger partial charge in [-0.1, -0.05) is 53.9 Å². The summed E-state index contributed by atoms with van der Waals surface area (Å²) >= 11 is 4.75. The Bertz CT molecular complexity index is 1110. The molecule has 154 valence electrons. The molecule has 0 aliphatic carbocycles. The summed E-state index contributed by atoms with van der Waals surface area (Å²) in [4.78, 5) is 16.9. The van der Waals surface area contributed by atoms with Crippen LogP contribution in [0.2, 0.25) is 0 Å². The molecule has 1 atom stereocenters. The third-order valence-electron chi connectivity index (χ3n) is 4.32. The summed E-state index contributed by atoms with van der Waals surface area (Å²) < 4.78 is 4.21. The third-order valence-corrected chi connectivity index (χ3v) is 7.53. The first kappa shape index (κ1) is 20.9. The van der Waals surface area contributed by atoms with Crippen LogP contribution in [0.15, 0.2) is 64.1 Å². The van der Waals surface area contributed by atoms with Gasteiger partial charge in [-0.2, -0.15) is 0 Å². The van der Waals surface area contributed by atoms with E-state index in [1.165, 1.54) is 16.5 Å². The lowest BCUT2D eigenvalue weighted by molar-refractivity contribution is -0.120. The monoisotopic (exact) mass is 455 g/mol. The number of amides is 1. The van der Waals surface area contributed by atoms with Gasteiger partial charge in [-0.25, -0.2) is 4.98 Å². The molecule has 2 aromatic heterocycles. The van der Waals surface area contributed by atoms with Gasteiger partial charge < -0.3 is 5.32 Å². The van der Waals surface area contributed by atoms with Gasteiger partial charge in [0.05, 0.1) is 21.2 Å². The minimum absolute atomic E-state index is 0.00416. The highest BCUT2D eigenvalue weighted by atomic mass is 32.2. The first-order valence-electron chi connectivity index (χ1n) is 9.58. The lowest BCUT2D eigenvalue weighted by Gasteiger charge is -2.13. The molecule has 0 fully saturated rings. The summed E-state index contributed by atoms with van der Waals surface area (Å²) in [7, 11) is 0. The SMILES string of the molecule is CCNC(=O)C(C)Sc1nnc(CSc2nc3ccccc3s2)n1-c1ccccc1. The third kappa shape index (κ3) is 4.69. The number of thioether (sulfide) groups is 2. The zero-order chi connectivity index (χ0) is 20.9. The molecule has 2 aromatic carbocycles. The van der Waals surface area contributed by atoms with Crippen molar-refractivity contribution in [2.75, 3.05) is 6.54 Å². The number of para-hydroxylation sites is 2. The van der Waals surface area contributed by atoms with E-state index < -0.39 is 0 Å². The van der Waals surface area contributed by atoms with Crippen LogP contribution >= 0.6 is 34.9 Å². The number of nitrogens with one attached hydrogen (secondary N) is 1. The molecule has 2 heterocycles. The van der Waals surface area contributed by atoms with Crippen LogP contribution in [0, 0.1) is 0 Å². The van der Waals surface area contributed by atoms with Crippen molar-refractivity contribution < 1.29 is 4.79 Å². The summed E-state index contributed by atoms with van der Waals surface area (Å²) in [6.45, 7) is 4.41. The Morgan fingerprint density at radius 2 is 1.90 bits per heavy atom. The van der Waals surface area contributed by atoms with Crippen LogP contribution in [0.1, 0.15) is 19.7 Å². The molecular weight excluding hydrogens is 434 g/mol. The molecule has 4 rings (SSSR count). The summed E-state index contributed by atoms with van der Waals surface area (Å²) in [6.07, 6.45) is 0. The molecule has 30 heavy (non-hydrogen) atoms. The van der Waals surface area contributed by atoms with E-state index in [0.717, 1.165) is 21.4 Å². The summed E-state index contributed by atoms with van der Waals surface area (Å²) in [5.74, 6) is 1.46. The Balaban J connectivity index is 1.59. The molecule has 0 saturated carbocycles. The fourth-order valence-electron chi connectivity index (χ4n) is 2.88. The number of carbonyl (C=O) groups excluding carboxylic acids is 1. The van der Waals surface area contributed by atoms with E-state index in [-0.39, 0.29) is 11.2 Å². The maximum absolute atomic E-state index is 12.2. The number of hydrogen-bond acceptors (Lipinski definition) is 7. The molecule has 0 saturated heterocycles. The van der Waals surface area contributed by atoms with Crippen molar-refractivity contribution >= 4 is 51.0 Å². The van der Waals surface area contributed by atoms with Gasteiger partial charge in [-0.15, -0.1) is 21.5 Å². The number of carbonyl (C=O) groups is 1. The quantitative estimate of drug-likeness (QED) is 0.385. The van der Waals surface area contributed by atoms with Gasteiger partial charge in [-0.05, 0) is 38.1 Å². The first-order chi connectivity index (χ1) is 14.7. The lowest BCUT2D eigenvalue weighted by Crippen LogP contribution is -2.30. The van der Waals surface area contributed by atoms with Crippen LogP contribution in [0.4, 0.5) is 0 Å². The second kappa shape index (κ2) is 9.63. The number of aromatic nitrogens is 4. The smallest absolute Gasteiger partial charge is 0.233 e. The predicted octanol–water partition coefficient (Wildman–Crippen LogP) is 4.79. The highest BCUT2D eigenvalue weighted by Crippen LogP contribution is 2.33. The van der Waals surface area contributed by atoms with E-state index in [4.69, 9.17) is 4.98 Å². The molecule has 0 radical (unpaired) electrons. The van der Waals surface area contributed by atoms with Crippen molar-refractivity contribution in [2.45, 2.75) is 34.3 Å². The Hall–Kier alpha value is -2.36. The highest BCUT2D eigenvalue weighted by molar-refractivity contribution is 8.00. The Morgan fingerprint density at radius 3 is 2.67 bits per heavy atom. The van der Waals surface area contributed by atoms with Crippen molar-refractivity contribution in [1.82, 2.24) is 25.1 Å². The second-order valence-corrected chi connectivity index (χ2v) is 10.0. The number of fused-ring (bicyclic) bond motifs is 1. The Morgan fingerprint density at radius 1 is 1.13 bits per heavy atom. The van der Waals surface area contributed by atoms with Crippen molar-refractivity contribution in [3.05, 3.63) is 60.4 Å². The number of thiazole rings is 1. The molecule has 6 nitrogen and oxygen atoms in total. The maximum atomic E-state index is 12.2. The van der Waals surface area contributed by atoms with Crippen LogP contribution in [-0.2, 0) is 10.5 Å². The summed E-state index contributed by atoms with van der Waals surface area (Å²) in [5.41, 5.74) is 1.99. The molecule has 4 aromatic rings. The van der Waals surface area contributed by atoms with Crippen LogP contribution in [0.5, 0.6) is 0 Å². The highest BCUT2D eigenvalue weighted by Gasteiger charge is 2.21. The van der Waals surface area contributed by atoms with Crippen LogP contribution < -0.4 is 5.32 Å². The molecule has 0 aliphatic heterocycles. The van der Waals surface area contributed by atoms with Crippen molar-refractivity contribution in [3.8, 4) is 5.69 Å². The van der Waals surface area contributed by atoms with E-state index in [2.05, 4.69) is 21.6 Å². The fraction of sp³-hybridized carbons (Fsp3) is 0.238. The normalized spacial score (nSPS) is 12.2. The van der Waals surface area contributed by atoms with E-state index in [1.54, 1.807) is 23.1 Å². The maximum Gasteiger partial charge on any atom is 0.233 e. The first-order valence-corrected chi connectivity index (χ1v) is 12.3. The number of rotatable bonds is 8. The molecule has 1 unspecified atom stereocenters. The second-order valence-electron chi connectivity index (χ2n) is 6.46. The number of hydrogen-bond donors (Lipinski definition) is 1. The molecule has 1 amide bonds. The standard InChI is InChI=1S/C21H21N5OS3/c1-3-22-19(27)14(2)29-20-25-24-18(26(20)15-9-5-4-6-10-15)13-28-21-23-16-11-7-8-12-17(16)30-21/h4-12,14H,3,13H2,1-2H3,(H,22,27). The number of benzene rings is 2. The van der Waals surface area contributed by atoms with Gasteiger partial charge in [0.1, 0.15) is 5.82 Å². The number of nitrogens with zero attached hydrogens (tertiary/aromatic N) is 4. The van der Waals surface area contributed by atoms with E-state index in [9.17, 15) is 4.79 Å². The van der Waals surface area contributed by atoms with Crippen molar-refractivity contribution in [1.29, 1.82) is 0 Å². The van der Waals surface area contributed by atoms with Gasteiger partial charge in [0, 0.05) is 12.2 Å². The van der Waals surface area contributed by atoms with Crippen molar-refractivity contribution in [2.24, 2.45) is 0 Å². The average Bonchev–Trinajstić information content (AvgIpc) is 3.36. The fourth-order valence-corrected chi connectivity index (χ4v) is 5.77. The molecule has 0 bridgehead atoms. The summed E-state index contributed by atoms with van der Waals surface area (Å²) in [5, 5.41) is 12.1. The average molecular weight is 456 g/mol. The minimum atomic E-state index is -0.263. The zero-order valence-corrected chi connectivity index (χ0v) is 19.1. The largest absolute Gasteiger partial charge is 0.355 e. The van der Waals surface area contributed by atoms with Gasteiger partial charge in [0.15, 0.2) is 9.50 Å². The van der Waals surface area contributed by atoms with E-state index in [0.29, 0.717) is 17.5 Å². The van der Waals surface area contributed by atoms with Gasteiger partial charge >= 0.3 is 0 Å². The predicted molar refractivity (Wildman–Crippen MR) is 125 cm³/mol. The zero-order valence-electron chi connectivity index (χ0n) is 16.6. The molecule has 0 aliphatic rings. The van der Waals surface area contributed by atoms with Crippen LogP contribution in [0.25, 0.3) is 15.9 Å². The Kier molecular flexibility index (Phi) is 6.71. The lowest BCUT2D eigenvalue weighted by atomic mass is 10.3.